The highest BCUT2D eigenvalue weighted by atomic mass is 16.5. The van der Waals surface area contributed by atoms with E-state index in [0.29, 0.717) is 6.42 Å². The Morgan fingerprint density at radius 1 is 0.263 bits per heavy atom. The molecule has 0 aromatic heterocycles. The fourth-order valence-electron chi connectivity index (χ4n) is 5.88. The third-order valence-electron chi connectivity index (χ3n) is 8.57. The van der Waals surface area contributed by atoms with Crippen molar-refractivity contribution in [3.8, 4) is 0 Å². The van der Waals surface area contributed by atoms with Gasteiger partial charge in [-0.25, -0.2) is 0 Å². The van der Waals surface area contributed by atoms with Crippen molar-refractivity contribution in [3.63, 3.8) is 0 Å². The molecule has 2 heteroatoms. The summed E-state index contributed by atoms with van der Waals surface area (Å²) in [5, 5.41) is 17.6. The number of aliphatic hydroxyl groups is 2. The topological polar surface area (TPSA) is 40.5 Å². The van der Waals surface area contributed by atoms with Crippen LogP contribution in [0.15, 0.2) is 0 Å². The molecular weight excluding hydrogens is 464 g/mol. The fourth-order valence-corrected chi connectivity index (χ4v) is 5.88. The van der Waals surface area contributed by atoms with Crippen LogP contribution in [0, 0.1) is 0 Å². The van der Waals surface area contributed by atoms with E-state index in [2.05, 4.69) is 6.92 Å². The molecular formula is C36H74O2. The molecule has 0 atom stereocenters. The Morgan fingerprint density at radius 2 is 0.421 bits per heavy atom. The summed E-state index contributed by atoms with van der Waals surface area (Å²) in [6.07, 6.45) is 46.4. The number of hydrogen-bond acceptors (Lipinski definition) is 2. The quantitative estimate of drug-likeness (QED) is 0.0631. The maximum absolute atomic E-state index is 8.82. The second-order valence-corrected chi connectivity index (χ2v) is 12.6. The Hall–Kier alpha value is -0.0800. The molecule has 38 heavy (non-hydrogen) atoms. The monoisotopic (exact) mass is 539 g/mol. The summed E-state index contributed by atoms with van der Waals surface area (Å²) in [5.41, 5.74) is 0. The van der Waals surface area contributed by atoms with E-state index in [1.54, 1.807) is 0 Å². The van der Waals surface area contributed by atoms with Gasteiger partial charge in [0.25, 0.3) is 0 Å². The number of aliphatic hydroxyl groups excluding tert-OH is 1. The average molecular weight is 539 g/mol. The van der Waals surface area contributed by atoms with E-state index in [0.717, 1.165) is 12.8 Å². The Kier molecular flexibility index (Phi) is 34.9. The summed E-state index contributed by atoms with van der Waals surface area (Å²) >= 11 is 0. The van der Waals surface area contributed by atoms with E-state index in [1.807, 2.05) is 0 Å². The summed E-state index contributed by atoms with van der Waals surface area (Å²) in [5.74, 6) is 0. The first-order chi connectivity index (χ1) is 18.8. The van der Waals surface area contributed by atoms with Gasteiger partial charge < -0.3 is 10.2 Å². The molecule has 0 saturated heterocycles. The Morgan fingerprint density at radius 3 is 0.579 bits per heavy atom. The Labute approximate surface area is 241 Å². The van der Waals surface area contributed by atoms with Crippen LogP contribution in [0.1, 0.15) is 225 Å². The first-order valence-corrected chi connectivity index (χ1v) is 18.1. The molecule has 0 amide bonds. The molecule has 0 unspecified atom stereocenters. The van der Waals surface area contributed by atoms with Crippen molar-refractivity contribution in [2.75, 3.05) is 0 Å². The van der Waals surface area contributed by atoms with Crippen LogP contribution < -0.4 is 0 Å². The van der Waals surface area contributed by atoms with Crippen LogP contribution in [0.5, 0.6) is 0 Å². The van der Waals surface area contributed by atoms with Crippen LogP contribution in [0.2, 0.25) is 0 Å². The van der Waals surface area contributed by atoms with Crippen molar-refractivity contribution < 1.29 is 10.2 Å². The minimum atomic E-state index is -1.10. The highest BCUT2D eigenvalue weighted by molar-refractivity contribution is 4.53. The highest BCUT2D eigenvalue weighted by Gasteiger charge is 1.98. The summed E-state index contributed by atoms with van der Waals surface area (Å²) in [6, 6.07) is 0. The van der Waals surface area contributed by atoms with E-state index in [1.165, 1.54) is 199 Å². The minimum Gasteiger partial charge on any atom is -0.368 e. The number of hydrogen-bond donors (Lipinski definition) is 2. The van der Waals surface area contributed by atoms with Gasteiger partial charge in [0.1, 0.15) is 0 Å². The number of unbranched alkanes of at least 4 members (excludes halogenated alkanes) is 32. The van der Waals surface area contributed by atoms with Crippen LogP contribution in [-0.4, -0.2) is 16.5 Å². The lowest BCUT2D eigenvalue weighted by Gasteiger charge is -2.05. The van der Waals surface area contributed by atoms with Crippen LogP contribution in [0.25, 0.3) is 0 Å². The molecule has 0 fully saturated rings. The molecule has 0 spiro atoms. The molecule has 0 aliphatic rings. The summed E-state index contributed by atoms with van der Waals surface area (Å²) in [4.78, 5) is 0. The van der Waals surface area contributed by atoms with Gasteiger partial charge in [-0.3, -0.25) is 0 Å². The van der Waals surface area contributed by atoms with Crippen molar-refractivity contribution in [3.05, 3.63) is 0 Å². The molecule has 0 saturated carbocycles. The van der Waals surface area contributed by atoms with Crippen LogP contribution in [0.3, 0.4) is 0 Å². The van der Waals surface area contributed by atoms with Crippen molar-refractivity contribution in [2.24, 2.45) is 0 Å². The third kappa shape index (κ3) is 35.9. The molecule has 2 N–H and O–H groups in total. The van der Waals surface area contributed by atoms with E-state index >= 15 is 0 Å². The van der Waals surface area contributed by atoms with Gasteiger partial charge in [-0.2, -0.15) is 0 Å². The second kappa shape index (κ2) is 34.9. The highest BCUT2D eigenvalue weighted by Crippen LogP contribution is 2.17. The predicted molar refractivity (Wildman–Crippen MR) is 171 cm³/mol. The molecule has 0 aliphatic carbocycles. The largest absolute Gasteiger partial charge is 0.368 e. The van der Waals surface area contributed by atoms with Crippen molar-refractivity contribution in [1.29, 1.82) is 0 Å². The van der Waals surface area contributed by atoms with Gasteiger partial charge in [-0.1, -0.05) is 212 Å². The maximum Gasteiger partial charge on any atom is 0.151 e. The molecule has 0 aromatic carbocycles. The zero-order chi connectivity index (χ0) is 27.6. The molecule has 0 aliphatic heterocycles. The Bertz CT molecular complexity index is 395. The SMILES string of the molecule is CCCCCCCCCCCCCCCCCCCCCCCCCCCCCCCCCCCC(O)O. The molecule has 0 heterocycles. The lowest BCUT2D eigenvalue weighted by Crippen LogP contribution is -2.02. The molecule has 2 nitrogen and oxygen atoms in total. The van der Waals surface area contributed by atoms with Crippen LogP contribution in [-0.2, 0) is 0 Å². The predicted octanol–water partition coefficient (Wildman–Crippen LogP) is 12.6. The normalized spacial score (nSPS) is 11.7. The molecule has 0 radical (unpaired) electrons. The average Bonchev–Trinajstić information content (AvgIpc) is 2.91. The van der Waals surface area contributed by atoms with Crippen LogP contribution >= 0.6 is 0 Å². The van der Waals surface area contributed by atoms with Gasteiger partial charge in [0.05, 0.1) is 0 Å². The van der Waals surface area contributed by atoms with Gasteiger partial charge in [0.2, 0.25) is 0 Å². The van der Waals surface area contributed by atoms with Gasteiger partial charge in [-0.05, 0) is 12.8 Å². The standard InChI is InChI=1S/C36H74O2/c1-2-3-4-5-6-7-8-9-10-11-12-13-14-15-16-17-18-19-20-21-22-23-24-25-26-27-28-29-30-31-32-33-34-35-36(37)38/h36-38H,2-35H2,1H3. The van der Waals surface area contributed by atoms with E-state index in [-0.39, 0.29) is 0 Å². The van der Waals surface area contributed by atoms with E-state index in [4.69, 9.17) is 10.2 Å². The lowest BCUT2D eigenvalue weighted by molar-refractivity contribution is -0.0466. The van der Waals surface area contributed by atoms with Crippen molar-refractivity contribution >= 4 is 0 Å². The zero-order valence-corrected chi connectivity index (χ0v) is 26.5. The first kappa shape index (κ1) is 37.9. The van der Waals surface area contributed by atoms with Gasteiger partial charge in [0.15, 0.2) is 6.29 Å². The van der Waals surface area contributed by atoms with Gasteiger partial charge >= 0.3 is 0 Å². The Balaban J connectivity index is 3.02. The molecule has 0 aromatic rings. The summed E-state index contributed by atoms with van der Waals surface area (Å²) in [7, 11) is 0. The molecule has 0 rings (SSSR count). The summed E-state index contributed by atoms with van der Waals surface area (Å²) < 4.78 is 0. The van der Waals surface area contributed by atoms with E-state index < -0.39 is 6.29 Å². The number of rotatable bonds is 34. The minimum absolute atomic E-state index is 0.541. The molecule has 230 valence electrons. The maximum atomic E-state index is 8.82. The lowest BCUT2D eigenvalue weighted by atomic mass is 10.0. The third-order valence-corrected chi connectivity index (χ3v) is 8.57. The van der Waals surface area contributed by atoms with Crippen molar-refractivity contribution in [1.82, 2.24) is 0 Å². The zero-order valence-electron chi connectivity index (χ0n) is 26.5. The second-order valence-electron chi connectivity index (χ2n) is 12.6. The van der Waals surface area contributed by atoms with Crippen molar-refractivity contribution in [2.45, 2.75) is 232 Å². The van der Waals surface area contributed by atoms with Crippen LogP contribution in [0.4, 0.5) is 0 Å². The van der Waals surface area contributed by atoms with E-state index in [9.17, 15) is 0 Å². The first-order valence-electron chi connectivity index (χ1n) is 18.1. The molecule has 0 bridgehead atoms. The van der Waals surface area contributed by atoms with Gasteiger partial charge in [-0.15, -0.1) is 0 Å². The van der Waals surface area contributed by atoms with Gasteiger partial charge in [0, 0.05) is 0 Å². The summed E-state index contributed by atoms with van der Waals surface area (Å²) in [6.45, 7) is 2.30. The smallest absolute Gasteiger partial charge is 0.151 e. The fraction of sp³-hybridized carbons (Fsp3) is 1.00.